The van der Waals surface area contributed by atoms with E-state index in [1.165, 1.54) is 36.4 Å². The van der Waals surface area contributed by atoms with Crippen molar-refractivity contribution in [3.8, 4) is 11.3 Å². The average Bonchev–Trinajstić information content (AvgIpc) is 2.76. The molecule has 2 N–H and O–H groups in total. The van der Waals surface area contributed by atoms with E-state index in [-0.39, 0.29) is 22.3 Å². The molecule has 0 saturated carbocycles. The molecule has 1 heterocycles. The van der Waals surface area contributed by atoms with Crippen molar-refractivity contribution in [2.45, 2.75) is 6.18 Å². The number of hydrogen-bond acceptors (Lipinski definition) is 3. The Bertz CT molecular complexity index is 1360. The van der Waals surface area contributed by atoms with Crippen molar-refractivity contribution in [3.05, 3.63) is 77.1 Å². The summed E-state index contributed by atoms with van der Waals surface area (Å²) in [7, 11) is 4.48. The molecule has 1 aliphatic carbocycles. The Hall–Kier alpha value is -3.59. The number of nitrogens with one attached hydrogen (secondary N) is 1. The summed E-state index contributed by atoms with van der Waals surface area (Å²) in [5, 5.41) is 12.3. The number of halogens is 3. The summed E-state index contributed by atoms with van der Waals surface area (Å²) >= 11 is 0. The van der Waals surface area contributed by atoms with Crippen LogP contribution in [0.5, 0.6) is 0 Å². The molecule has 1 radical (unpaired) electrons. The molecule has 1 amide bonds. The van der Waals surface area contributed by atoms with Crippen molar-refractivity contribution in [1.82, 2.24) is 4.58 Å². The molecule has 0 spiro atoms. The first-order valence-electron chi connectivity index (χ1n) is 9.64. The van der Waals surface area contributed by atoms with Crippen LogP contribution in [0.3, 0.4) is 0 Å². The first-order valence-corrected chi connectivity index (χ1v) is 9.64. The zero-order chi connectivity index (χ0) is 23.0. The van der Waals surface area contributed by atoms with Gasteiger partial charge in [0.05, 0.1) is 11.6 Å². The fraction of sp³-hybridized carbons (Fsp3) is 0.130. The monoisotopic (exact) mass is 438 g/mol. The number of alkyl halides is 3. The highest BCUT2D eigenvalue weighted by molar-refractivity contribution is 6.45. The summed E-state index contributed by atoms with van der Waals surface area (Å²) in [5.41, 5.74) is 0.345. The lowest BCUT2D eigenvalue weighted by molar-refractivity contribution is -0.136. The van der Waals surface area contributed by atoms with E-state index >= 15 is 0 Å². The summed E-state index contributed by atoms with van der Waals surface area (Å²) in [6.45, 7) is 0. The maximum atomic E-state index is 14.0. The van der Waals surface area contributed by atoms with Gasteiger partial charge >= 0.3 is 13.7 Å². The average molecular weight is 438 g/mol. The van der Waals surface area contributed by atoms with E-state index < -0.39 is 17.6 Å². The lowest BCUT2D eigenvalue weighted by atomic mass is 9.88. The van der Waals surface area contributed by atoms with E-state index in [4.69, 9.17) is 9.44 Å². The molecule has 9 heteroatoms. The van der Waals surface area contributed by atoms with E-state index in [1.807, 2.05) is 0 Å². The molecule has 2 aromatic rings. The molecule has 4 rings (SSSR count). The van der Waals surface area contributed by atoms with Crippen molar-refractivity contribution in [2.75, 3.05) is 19.4 Å². The molecule has 0 unspecified atom stereocenters. The zero-order valence-corrected chi connectivity index (χ0v) is 17.2. The van der Waals surface area contributed by atoms with Crippen molar-refractivity contribution in [1.29, 1.82) is 0 Å². The molecule has 1 aliphatic heterocycles. The predicted octanol–water partition coefficient (Wildman–Crippen LogP) is 3.08. The van der Waals surface area contributed by atoms with Crippen LogP contribution in [0, 0.1) is 0 Å². The fourth-order valence-electron chi connectivity index (χ4n) is 3.46. The van der Waals surface area contributed by atoms with E-state index in [1.54, 1.807) is 42.9 Å². The second kappa shape index (κ2) is 8.16. The Balaban J connectivity index is 1.82. The summed E-state index contributed by atoms with van der Waals surface area (Å²) in [4.78, 5) is 12.5. The Morgan fingerprint density at radius 3 is 2.38 bits per heavy atom. The lowest BCUT2D eigenvalue weighted by Crippen LogP contribution is -2.21. The second-order valence-corrected chi connectivity index (χ2v) is 7.47. The van der Waals surface area contributed by atoms with Crippen LogP contribution in [-0.4, -0.2) is 32.5 Å². The van der Waals surface area contributed by atoms with Crippen LogP contribution in [0.2, 0.25) is 0 Å². The normalized spacial score (nSPS) is 11.6. The Morgan fingerprint density at radius 2 is 1.75 bits per heavy atom. The van der Waals surface area contributed by atoms with Gasteiger partial charge in [-0.3, -0.25) is 4.79 Å². The molecule has 0 bridgehead atoms. The van der Waals surface area contributed by atoms with Crippen LogP contribution in [-0.2, 0) is 6.18 Å². The number of benzene rings is 3. The van der Waals surface area contributed by atoms with Crippen LogP contribution in [0.4, 0.5) is 18.9 Å². The molecule has 161 valence electrons. The van der Waals surface area contributed by atoms with Crippen molar-refractivity contribution in [3.63, 3.8) is 0 Å². The highest BCUT2D eigenvalue weighted by Gasteiger charge is 2.37. The molecular formula is C23H18BF3N2O3+. The summed E-state index contributed by atoms with van der Waals surface area (Å²) in [6.07, 6.45) is -4.59. The number of carbonyl (C=O) groups is 1. The third kappa shape index (κ3) is 4.11. The van der Waals surface area contributed by atoms with Gasteiger partial charge in [-0.05, 0) is 30.3 Å². The molecule has 5 nitrogen and oxygen atoms in total. The summed E-state index contributed by atoms with van der Waals surface area (Å²) < 4.78 is 49.5. The van der Waals surface area contributed by atoms with E-state index in [2.05, 4.69) is 5.32 Å². The lowest BCUT2D eigenvalue weighted by Gasteiger charge is -2.17. The minimum absolute atomic E-state index is 0.00348. The van der Waals surface area contributed by atoms with Gasteiger partial charge in [-0.25, -0.2) is 4.58 Å². The van der Waals surface area contributed by atoms with Gasteiger partial charge in [0.1, 0.15) is 25.4 Å². The standard InChI is InChI=1S/C23H17BF3N2O3/c1-29(2)16-8-10-18-20(12-16)32-19-11-15(7-9-17(19)21(18)23(25,26)27)28-22(30)13-3-5-14(24-31)6-4-13/h3-12,31H,1-2H3/p+1. The SMILES string of the molecule is C[N+](C)=c1ccc2c(C(F)(F)F)c3ccc(NC(=O)c4ccc([B]O)cc4)cc3oc-2c1. The number of rotatable bonds is 3. The summed E-state index contributed by atoms with van der Waals surface area (Å²) in [6, 6.07) is 14.8. The Kier molecular flexibility index (Phi) is 5.52. The Labute approximate surface area is 182 Å². The molecule has 0 saturated heterocycles. The Morgan fingerprint density at radius 1 is 1.03 bits per heavy atom. The smallest absolute Gasteiger partial charge is 0.417 e. The van der Waals surface area contributed by atoms with Crippen LogP contribution >= 0.6 is 0 Å². The molecular weight excluding hydrogens is 420 g/mol. The third-order valence-electron chi connectivity index (χ3n) is 5.09. The molecule has 2 aromatic carbocycles. The maximum Gasteiger partial charge on any atom is 0.417 e. The molecule has 0 atom stereocenters. The van der Waals surface area contributed by atoms with Crippen molar-refractivity contribution < 1.29 is 27.4 Å². The van der Waals surface area contributed by atoms with Gasteiger partial charge in [0.2, 0.25) is 5.36 Å². The fourth-order valence-corrected chi connectivity index (χ4v) is 3.46. The van der Waals surface area contributed by atoms with Crippen LogP contribution < -0.4 is 20.7 Å². The number of carbonyl (C=O) groups excluding carboxylic acids is 1. The zero-order valence-electron chi connectivity index (χ0n) is 17.2. The topological polar surface area (TPSA) is 65.5 Å². The molecule has 2 aliphatic rings. The van der Waals surface area contributed by atoms with Crippen molar-refractivity contribution >= 4 is 35.5 Å². The quantitative estimate of drug-likeness (QED) is 0.294. The van der Waals surface area contributed by atoms with Gasteiger partial charge in [0, 0.05) is 34.3 Å². The highest BCUT2D eigenvalue weighted by atomic mass is 19.4. The molecule has 0 aromatic heterocycles. The predicted molar refractivity (Wildman–Crippen MR) is 117 cm³/mol. The first-order chi connectivity index (χ1) is 15.2. The van der Waals surface area contributed by atoms with Crippen LogP contribution in [0.1, 0.15) is 15.9 Å². The summed E-state index contributed by atoms with van der Waals surface area (Å²) in [5.74, 6) is -0.351. The van der Waals surface area contributed by atoms with E-state index in [9.17, 15) is 18.0 Å². The van der Waals surface area contributed by atoms with Gasteiger partial charge in [-0.15, -0.1) is 0 Å². The first kappa shape index (κ1) is 21.6. The largest absolute Gasteiger partial charge is 0.456 e. The second-order valence-electron chi connectivity index (χ2n) is 7.47. The van der Waals surface area contributed by atoms with Gasteiger partial charge in [0.15, 0.2) is 0 Å². The number of anilines is 1. The third-order valence-corrected chi connectivity index (χ3v) is 5.09. The molecule has 32 heavy (non-hydrogen) atoms. The van der Waals surface area contributed by atoms with E-state index in [0.717, 1.165) is 7.48 Å². The number of fused-ring (bicyclic) bond motifs is 2. The highest BCUT2D eigenvalue weighted by Crippen LogP contribution is 2.43. The maximum absolute atomic E-state index is 14.0. The number of hydrogen-bond donors (Lipinski definition) is 2. The number of amides is 1. The van der Waals surface area contributed by atoms with Gasteiger partial charge in [-0.2, -0.15) is 13.2 Å². The van der Waals surface area contributed by atoms with Crippen LogP contribution in [0.15, 0.2) is 65.1 Å². The van der Waals surface area contributed by atoms with Crippen LogP contribution in [0.25, 0.3) is 22.3 Å². The molecule has 0 fully saturated rings. The minimum atomic E-state index is -4.59. The van der Waals surface area contributed by atoms with Gasteiger partial charge < -0.3 is 14.8 Å². The minimum Gasteiger partial charge on any atom is -0.456 e. The van der Waals surface area contributed by atoms with Crippen molar-refractivity contribution in [2.24, 2.45) is 0 Å². The van der Waals surface area contributed by atoms with Gasteiger partial charge in [-0.1, -0.05) is 17.6 Å². The van der Waals surface area contributed by atoms with E-state index in [0.29, 0.717) is 22.1 Å². The van der Waals surface area contributed by atoms with Gasteiger partial charge in [0.25, 0.3) is 5.91 Å². The number of nitrogens with zero attached hydrogens (tertiary/aromatic N) is 1.